The molecule has 1 aromatic carbocycles. The molecule has 1 amide bonds. The molecular weight excluding hydrogens is 338 g/mol. The first-order valence-electron chi connectivity index (χ1n) is 8.88. The van der Waals surface area contributed by atoms with Crippen LogP contribution in [0.1, 0.15) is 33.1 Å². The number of imidazole rings is 1. The van der Waals surface area contributed by atoms with E-state index in [1.54, 1.807) is 10.6 Å². The van der Waals surface area contributed by atoms with Gasteiger partial charge in [-0.3, -0.25) is 4.79 Å². The molecule has 6 nitrogen and oxygen atoms in total. The van der Waals surface area contributed by atoms with Crippen molar-refractivity contribution in [3.8, 4) is 0 Å². The number of sulfone groups is 1. The second-order valence-corrected chi connectivity index (χ2v) is 8.85. The number of hydrogen-bond acceptors (Lipinski definition) is 4. The molecular formula is C18H25N3O3S. The van der Waals surface area contributed by atoms with Gasteiger partial charge >= 0.3 is 0 Å². The molecule has 0 atom stereocenters. The zero-order valence-corrected chi connectivity index (χ0v) is 15.6. The van der Waals surface area contributed by atoms with Gasteiger partial charge in [0.05, 0.1) is 16.8 Å². The van der Waals surface area contributed by atoms with E-state index in [0.717, 1.165) is 25.9 Å². The second kappa shape index (κ2) is 7.15. The largest absolute Gasteiger partial charge is 0.341 e. The summed E-state index contributed by atoms with van der Waals surface area (Å²) in [5, 5.41) is 0.00859. The summed E-state index contributed by atoms with van der Waals surface area (Å²) in [4.78, 5) is 18.9. The highest BCUT2D eigenvalue weighted by Gasteiger charge is 2.26. The maximum Gasteiger partial charge on any atom is 0.242 e. The standard InChI is InChI=1S/C18H25N3O3S/c1-3-12-25(23,24)18-19-15-6-4-5-7-16(15)21(18)13-17(22)20-10-8-14(2)9-11-20/h4-7,14H,3,8-13H2,1-2H3. The number of rotatable bonds is 5. The highest BCUT2D eigenvalue weighted by molar-refractivity contribution is 7.91. The number of carbonyl (C=O) groups excluding carboxylic acids is 1. The van der Waals surface area contributed by atoms with E-state index >= 15 is 0 Å². The summed E-state index contributed by atoms with van der Waals surface area (Å²) < 4.78 is 26.8. The maximum atomic E-state index is 12.7. The van der Waals surface area contributed by atoms with Crippen LogP contribution >= 0.6 is 0 Å². The number of benzene rings is 1. The third-order valence-corrected chi connectivity index (χ3v) is 6.61. The molecule has 2 aromatic rings. The summed E-state index contributed by atoms with van der Waals surface area (Å²) in [5.41, 5.74) is 1.30. The van der Waals surface area contributed by atoms with E-state index in [2.05, 4.69) is 11.9 Å². The Hall–Kier alpha value is -1.89. The number of nitrogens with zero attached hydrogens (tertiary/aromatic N) is 3. The van der Waals surface area contributed by atoms with Crippen LogP contribution in [0.4, 0.5) is 0 Å². The van der Waals surface area contributed by atoms with Crippen molar-refractivity contribution in [1.82, 2.24) is 14.5 Å². The van der Waals surface area contributed by atoms with Gasteiger partial charge in [0.25, 0.3) is 0 Å². The summed E-state index contributed by atoms with van der Waals surface area (Å²) >= 11 is 0. The quantitative estimate of drug-likeness (QED) is 0.818. The molecule has 1 aliphatic rings. The van der Waals surface area contributed by atoms with Crippen LogP contribution in [0, 0.1) is 5.92 Å². The highest BCUT2D eigenvalue weighted by atomic mass is 32.2. The van der Waals surface area contributed by atoms with Crippen molar-refractivity contribution in [2.24, 2.45) is 5.92 Å². The summed E-state index contributed by atoms with van der Waals surface area (Å²) in [6.45, 7) is 5.52. The zero-order valence-electron chi connectivity index (χ0n) is 14.8. The molecule has 0 unspecified atom stereocenters. The van der Waals surface area contributed by atoms with Crippen LogP contribution in [-0.2, 0) is 21.2 Å². The Labute approximate surface area is 148 Å². The molecule has 1 aliphatic heterocycles. The summed E-state index contributed by atoms with van der Waals surface area (Å²) in [6.07, 6.45) is 2.51. The fraction of sp³-hybridized carbons (Fsp3) is 0.556. The molecule has 0 aliphatic carbocycles. The summed E-state index contributed by atoms with van der Waals surface area (Å²) in [7, 11) is -3.51. The number of likely N-dealkylation sites (tertiary alicyclic amines) is 1. The van der Waals surface area contributed by atoms with E-state index in [-0.39, 0.29) is 23.4 Å². The normalized spacial score (nSPS) is 16.5. The van der Waals surface area contributed by atoms with Crippen molar-refractivity contribution in [2.75, 3.05) is 18.8 Å². The molecule has 0 bridgehead atoms. The second-order valence-electron chi connectivity index (χ2n) is 6.85. The zero-order chi connectivity index (χ0) is 18.0. The molecule has 2 heterocycles. The average Bonchev–Trinajstić information content (AvgIpc) is 2.95. The number of hydrogen-bond donors (Lipinski definition) is 0. The monoisotopic (exact) mass is 363 g/mol. The Morgan fingerprint density at radius 2 is 1.92 bits per heavy atom. The van der Waals surface area contributed by atoms with Crippen molar-refractivity contribution < 1.29 is 13.2 Å². The fourth-order valence-electron chi connectivity index (χ4n) is 3.30. The van der Waals surface area contributed by atoms with Crippen LogP contribution in [0.3, 0.4) is 0 Å². The van der Waals surface area contributed by atoms with Gasteiger partial charge in [-0.1, -0.05) is 26.0 Å². The third kappa shape index (κ3) is 3.71. The molecule has 1 saturated heterocycles. The van der Waals surface area contributed by atoms with Gasteiger partial charge in [0.2, 0.25) is 20.9 Å². The minimum Gasteiger partial charge on any atom is -0.341 e. The first-order chi connectivity index (χ1) is 11.9. The molecule has 0 spiro atoms. The summed E-state index contributed by atoms with van der Waals surface area (Å²) in [6, 6.07) is 7.26. The molecule has 0 N–H and O–H groups in total. The number of fused-ring (bicyclic) bond motifs is 1. The number of amides is 1. The van der Waals surface area contributed by atoms with Gasteiger partial charge < -0.3 is 9.47 Å². The van der Waals surface area contributed by atoms with Crippen molar-refractivity contribution in [1.29, 1.82) is 0 Å². The molecule has 7 heteroatoms. The van der Waals surface area contributed by atoms with Crippen LogP contribution < -0.4 is 0 Å². The Morgan fingerprint density at radius 1 is 1.24 bits per heavy atom. The van der Waals surface area contributed by atoms with E-state index in [0.29, 0.717) is 23.4 Å². The van der Waals surface area contributed by atoms with Crippen LogP contribution in [0.5, 0.6) is 0 Å². The van der Waals surface area contributed by atoms with Crippen molar-refractivity contribution >= 4 is 26.8 Å². The Kier molecular flexibility index (Phi) is 5.13. The molecule has 0 radical (unpaired) electrons. The fourth-order valence-corrected chi connectivity index (χ4v) is 4.75. The topological polar surface area (TPSA) is 72.3 Å². The smallest absolute Gasteiger partial charge is 0.242 e. The lowest BCUT2D eigenvalue weighted by atomic mass is 9.99. The van der Waals surface area contributed by atoms with Gasteiger partial charge in [-0.15, -0.1) is 0 Å². The molecule has 136 valence electrons. The lowest BCUT2D eigenvalue weighted by molar-refractivity contribution is -0.133. The van der Waals surface area contributed by atoms with E-state index in [4.69, 9.17) is 0 Å². The first-order valence-corrected chi connectivity index (χ1v) is 10.5. The first kappa shape index (κ1) is 17.9. The lowest BCUT2D eigenvalue weighted by Crippen LogP contribution is -2.40. The van der Waals surface area contributed by atoms with Crippen molar-refractivity contribution in [2.45, 2.75) is 44.8 Å². The van der Waals surface area contributed by atoms with Gasteiger partial charge in [0.15, 0.2) is 0 Å². The molecule has 25 heavy (non-hydrogen) atoms. The predicted molar refractivity (Wildman–Crippen MR) is 97.1 cm³/mol. The predicted octanol–water partition coefficient (Wildman–Crippen LogP) is 2.48. The number of carbonyl (C=O) groups is 1. The SMILES string of the molecule is CCCS(=O)(=O)c1nc2ccccc2n1CC(=O)N1CCC(C)CC1. The van der Waals surface area contributed by atoms with Gasteiger partial charge in [0.1, 0.15) is 6.54 Å². The Bertz CT molecular complexity index is 865. The lowest BCUT2D eigenvalue weighted by Gasteiger charge is -2.30. The van der Waals surface area contributed by atoms with Gasteiger partial charge in [-0.05, 0) is 37.3 Å². The van der Waals surface area contributed by atoms with Crippen LogP contribution in [0.15, 0.2) is 29.4 Å². The van der Waals surface area contributed by atoms with Crippen molar-refractivity contribution in [3.05, 3.63) is 24.3 Å². The molecule has 1 aromatic heterocycles. The minimum absolute atomic E-state index is 0.00859. The van der Waals surface area contributed by atoms with E-state index in [9.17, 15) is 13.2 Å². The average molecular weight is 363 g/mol. The van der Waals surface area contributed by atoms with Crippen LogP contribution in [0.25, 0.3) is 11.0 Å². The Balaban J connectivity index is 1.95. The van der Waals surface area contributed by atoms with Crippen LogP contribution in [-0.4, -0.2) is 47.6 Å². The number of para-hydroxylation sites is 2. The van der Waals surface area contributed by atoms with Gasteiger partial charge in [0, 0.05) is 13.1 Å². The van der Waals surface area contributed by atoms with Gasteiger partial charge in [-0.2, -0.15) is 0 Å². The Morgan fingerprint density at radius 3 is 2.60 bits per heavy atom. The van der Waals surface area contributed by atoms with Crippen LogP contribution in [0.2, 0.25) is 0 Å². The maximum absolute atomic E-state index is 12.7. The highest BCUT2D eigenvalue weighted by Crippen LogP contribution is 2.22. The van der Waals surface area contributed by atoms with Gasteiger partial charge in [-0.25, -0.2) is 13.4 Å². The summed E-state index contributed by atoms with van der Waals surface area (Å²) in [5.74, 6) is 0.632. The number of piperidine rings is 1. The van der Waals surface area contributed by atoms with E-state index in [1.165, 1.54) is 0 Å². The third-order valence-electron chi connectivity index (χ3n) is 4.80. The molecule has 3 rings (SSSR count). The number of aromatic nitrogens is 2. The molecule has 1 fully saturated rings. The van der Waals surface area contributed by atoms with E-state index in [1.807, 2.05) is 30.0 Å². The van der Waals surface area contributed by atoms with E-state index < -0.39 is 9.84 Å². The molecule has 0 saturated carbocycles. The minimum atomic E-state index is -3.51. The van der Waals surface area contributed by atoms with Crippen molar-refractivity contribution in [3.63, 3.8) is 0 Å².